The van der Waals surface area contributed by atoms with Gasteiger partial charge in [0.1, 0.15) is 15.9 Å². The number of nitrogens with one attached hydrogen (secondary N) is 2. The lowest BCUT2D eigenvalue weighted by molar-refractivity contribution is 0.0955. The molecule has 1 amide bonds. The number of thiophene rings is 1. The van der Waals surface area contributed by atoms with E-state index < -0.39 is 0 Å². The van der Waals surface area contributed by atoms with Crippen molar-refractivity contribution in [3.63, 3.8) is 0 Å². The van der Waals surface area contributed by atoms with E-state index in [-0.39, 0.29) is 12.5 Å². The van der Waals surface area contributed by atoms with Gasteiger partial charge in [-0.3, -0.25) is 9.78 Å². The second-order valence-corrected chi connectivity index (χ2v) is 8.04. The third-order valence-electron chi connectivity index (χ3n) is 4.12. The SMILES string of the molecule is CCCNc1sc(C(=O)NCc2ccccn2)c(-c2ccc(Cl)cc2Cl)c1C#N. The first-order chi connectivity index (χ1) is 14.0. The van der Waals surface area contributed by atoms with Crippen molar-refractivity contribution < 1.29 is 4.79 Å². The maximum atomic E-state index is 13.0. The van der Waals surface area contributed by atoms with Crippen molar-refractivity contribution in [2.75, 3.05) is 11.9 Å². The first-order valence-electron chi connectivity index (χ1n) is 8.99. The average molecular weight is 445 g/mol. The van der Waals surface area contributed by atoms with E-state index in [2.05, 4.69) is 21.7 Å². The third kappa shape index (κ3) is 4.88. The van der Waals surface area contributed by atoms with E-state index in [4.69, 9.17) is 23.2 Å². The number of hydrogen-bond donors (Lipinski definition) is 2. The molecule has 0 aliphatic carbocycles. The lowest BCUT2D eigenvalue weighted by atomic mass is 10.0. The molecule has 5 nitrogen and oxygen atoms in total. The van der Waals surface area contributed by atoms with Crippen molar-refractivity contribution in [3.05, 3.63) is 68.8 Å². The molecule has 1 aromatic carbocycles. The van der Waals surface area contributed by atoms with Crippen LogP contribution in [0.2, 0.25) is 10.0 Å². The minimum absolute atomic E-state index is 0.283. The van der Waals surface area contributed by atoms with Crippen LogP contribution in [-0.2, 0) is 6.54 Å². The summed E-state index contributed by atoms with van der Waals surface area (Å²) in [7, 11) is 0. The highest BCUT2D eigenvalue weighted by Gasteiger charge is 2.25. The number of rotatable bonds is 7. The van der Waals surface area contributed by atoms with Gasteiger partial charge in [0.05, 0.1) is 17.8 Å². The van der Waals surface area contributed by atoms with Crippen molar-refractivity contribution in [1.82, 2.24) is 10.3 Å². The minimum Gasteiger partial charge on any atom is -0.376 e. The van der Waals surface area contributed by atoms with Crippen LogP contribution < -0.4 is 10.6 Å². The van der Waals surface area contributed by atoms with Crippen molar-refractivity contribution in [3.8, 4) is 17.2 Å². The molecule has 3 rings (SSSR count). The van der Waals surface area contributed by atoms with Crippen LogP contribution in [-0.4, -0.2) is 17.4 Å². The first-order valence-corrected chi connectivity index (χ1v) is 10.6. The highest BCUT2D eigenvalue weighted by atomic mass is 35.5. The number of aromatic nitrogens is 1. The summed E-state index contributed by atoms with van der Waals surface area (Å²) in [5, 5.41) is 17.4. The molecule has 0 fully saturated rings. The average Bonchev–Trinajstić information content (AvgIpc) is 3.09. The van der Waals surface area contributed by atoms with Crippen LogP contribution in [0.5, 0.6) is 0 Å². The van der Waals surface area contributed by atoms with Crippen LogP contribution in [0.25, 0.3) is 11.1 Å². The molecule has 8 heteroatoms. The highest BCUT2D eigenvalue weighted by molar-refractivity contribution is 7.18. The van der Waals surface area contributed by atoms with Gasteiger partial charge in [-0.25, -0.2) is 0 Å². The smallest absolute Gasteiger partial charge is 0.262 e. The molecule has 0 unspecified atom stereocenters. The van der Waals surface area contributed by atoms with Gasteiger partial charge in [0.2, 0.25) is 0 Å². The number of pyridine rings is 1. The summed E-state index contributed by atoms with van der Waals surface area (Å²) in [5.74, 6) is -0.289. The van der Waals surface area contributed by atoms with Gasteiger partial charge >= 0.3 is 0 Å². The fraction of sp³-hybridized carbons (Fsp3) is 0.190. The van der Waals surface area contributed by atoms with E-state index in [1.807, 2.05) is 25.1 Å². The molecule has 29 heavy (non-hydrogen) atoms. The predicted octanol–water partition coefficient (Wildman–Crippen LogP) is 5.74. The molecular weight excluding hydrogens is 427 g/mol. The summed E-state index contributed by atoms with van der Waals surface area (Å²) >= 11 is 13.7. The summed E-state index contributed by atoms with van der Waals surface area (Å²) in [6, 6.07) is 12.8. The van der Waals surface area contributed by atoms with E-state index in [0.29, 0.717) is 43.2 Å². The Kier molecular flexibility index (Phi) is 7.10. The van der Waals surface area contributed by atoms with Crippen LogP contribution in [0, 0.1) is 11.3 Å². The van der Waals surface area contributed by atoms with Crippen molar-refractivity contribution >= 4 is 45.4 Å². The summed E-state index contributed by atoms with van der Waals surface area (Å²) in [5.41, 5.74) is 2.25. The predicted molar refractivity (Wildman–Crippen MR) is 119 cm³/mol. The zero-order chi connectivity index (χ0) is 20.8. The number of benzene rings is 1. The van der Waals surface area contributed by atoms with E-state index >= 15 is 0 Å². The number of halogens is 2. The number of anilines is 1. The molecule has 3 aromatic rings. The number of nitriles is 1. The largest absolute Gasteiger partial charge is 0.376 e. The van der Waals surface area contributed by atoms with Gasteiger partial charge in [-0.1, -0.05) is 42.3 Å². The zero-order valence-electron chi connectivity index (χ0n) is 15.6. The number of nitrogens with zero attached hydrogens (tertiary/aromatic N) is 2. The molecule has 148 valence electrons. The second kappa shape index (κ2) is 9.75. The van der Waals surface area contributed by atoms with Gasteiger partial charge in [-0.15, -0.1) is 11.3 Å². The number of carbonyl (C=O) groups excluding carboxylic acids is 1. The molecule has 0 spiro atoms. The van der Waals surface area contributed by atoms with Gasteiger partial charge in [-0.2, -0.15) is 5.26 Å². The molecule has 0 bridgehead atoms. The summed E-state index contributed by atoms with van der Waals surface area (Å²) in [6.07, 6.45) is 2.56. The van der Waals surface area contributed by atoms with E-state index in [0.717, 1.165) is 12.1 Å². The first kappa shape index (κ1) is 21.1. The summed E-state index contributed by atoms with van der Waals surface area (Å²) in [6.45, 7) is 3.01. The molecule has 0 aliphatic heterocycles. The quantitative estimate of drug-likeness (QED) is 0.486. The van der Waals surface area contributed by atoms with Gasteiger partial charge in [0.25, 0.3) is 5.91 Å². The Balaban J connectivity index is 2.03. The molecule has 2 heterocycles. The fourth-order valence-electron chi connectivity index (χ4n) is 2.76. The Morgan fingerprint density at radius 2 is 2.10 bits per heavy atom. The summed E-state index contributed by atoms with van der Waals surface area (Å²) in [4.78, 5) is 17.6. The normalized spacial score (nSPS) is 10.4. The van der Waals surface area contributed by atoms with Crippen molar-refractivity contribution in [1.29, 1.82) is 5.26 Å². The lowest BCUT2D eigenvalue weighted by Crippen LogP contribution is -2.23. The van der Waals surface area contributed by atoms with Crippen molar-refractivity contribution in [2.24, 2.45) is 0 Å². The third-order valence-corrected chi connectivity index (χ3v) is 5.81. The fourth-order valence-corrected chi connectivity index (χ4v) is 4.37. The molecule has 0 saturated carbocycles. The monoisotopic (exact) mass is 444 g/mol. The standard InChI is InChI=1S/C21H18Cl2N4OS/c1-2-8-26-21-16(11-24)18(15-7-6-13(22)10-17(15)23)19(29-21)20(28)27-12-14-5-3-4-9-25-14/h3-7,9-10,26H,2,8,12H2,1H3,(H,27,28). The molecule has 0 saturated heterocycles. The Morgan fingerprint density at radius 3 is 2.76 bits per heavy atom. The minimum atomic E-state index is -0.289. The van der Waals surface area contributed by atoms with Crippen molar-refractivity contribution in [2.45, 2.75) is 19.9 Å². The molecule has 0 atom stereocenters. The molecular formula is C21H18Cl2N4OS. The second-order valence-electron chi connectivity index (χ2n) is 6.18. The maximum Gasteiger partial charge on any atom is 0.262 e. The number of amides is 1. The van der Waals surface area contributed by atoms with Gasteiger partial charge in [-0.05, 0) is 30.7 Å². The Morgan fingerprint density at radius 1 is 1.28 bits per heavy atom. The van der Waals surface area contributed by atoms with Crippen LogP contribution >= 0.6 is 34.5 Å². The number of carbonyl (C=O) groups is 1. The van der Waals surface area contributed by atoms with Crippen LogP contribution in [0.3, 0.4) is 0 Å². The van der Waals surface area contributed by atoms with Gasteiger partial charge in [0, 0.05) is 33.9 Å². The number of hydrogen-bond acceptors (Lipinski definition) is 5. The zero-order valence-corrected chi connectivity index (χ0v) is 18.0. The molecule has 0 aliphatic rings. The Labute approximate surface area is 183 Å². The van der Waals surface area contributed by atoms with E-state index in [1.165, 1.54) is 11.3 Å². The van der Waals surface area contributed by atoms with E-state index in [1.54, 1.807) is 24.4 Å². The molecule has 2 N–H and O–H groups in total. The van der Waals surface area contributed by atoms with Crippen LogP contribution in [0.1, 0.15) is 34.3 Å². The summed E-state index contributed by atoms with van der Waals surface area (Å²) < 4.78 is 0. The lowest BCUT2D eigenvalue weighted by Gasteiger charge is -2.08. The Bertz CT molecular complexity index is 1060. The van der Waals surface area contributed by atoms with E-state index in [9.17, 15) is 10.1 Å². The van der Waals surface area contributed by atoms with Crippen LogP contribution in [0.4, 0.5) is 5.00 Å². The molecule has 2 aromatic heterocycles. The Hall–Kier alpha value is -2.59. The van der Waals surface area contributed by atoms with Crippen LogP contribution in [0.15, 0.2) is 42.6 Å². The highest BCUT2D eigenvalue weighted by Crippen LogP contribution is 2.43. The maximum absolute atomic E-state index is 13.0. The molecule has 0 radical (unpaired) electrons. The topological polar surface area (TPSA) is 77.8 Å². The van der Waals surface area contributed by atoms with Gasteiger partial charge in [0.15, 0.2) is 0 Å². The van der Waals surface area contributed by atoms with Gasteiger partial charge < -0.3 is 10.6 Å².